The number of nitro groups is 1. The summed E-state index contributed by atoms with van der Waals surface area (Å²) in [6, 6.07) is 15.9. The molecule has 1 aliphatic heterocycles. The number of non-ortho nitro benzene ring substituents is 1. The van der Waals surface area contributed by atoms with Crippen molar-refractivity contribution >= 4 is 50.2 Å². The van der Waals surface area contributed by atoms with E-state index in [9.17, 15) is 24.5 Å². The summed E-state index contributed by atoms with van der Waals surface area (Å²) in [6.07, 6.45) is 1.64. The molecule has 4 aromatic rings. The van der Waals surface area contributed by atoms with Crippen LogP contribution in [0, 0.1) is 10.1 Å². The molecule has 0 spiro atoms. The van der Waals surface area contributed by atoms with Gasteiger partial charge in [-0.2, -0.15) is 0 Å². The second-order valence-corrected chi connectivity index (χ2v) is 9.70. The first-order valence-electron chi connectivity index (χ1n) is 11.9. The van der Waals surface area contributed by atoms with Crippen LogP contribution in [-0.2, 0) is 4.74 Å². The molecule has 3 aromatic carbocycles. The number of carbonyl (C=O) groups is 2. The highest BCUT2D eigenvalue weighted by molar-refractivity contribution is 9.10. The summed E-state index contributed by atoms with van der Waals surface area (Å²) in [4.78, 5) is 52.1. The number of hydrogen-bond acceptors (Lipinski definition) is 7. The summed E-state index contributed by atoms with van der Waals surface area (Å²) in [6.45, 7) is 2.30. The fourth-order valence-corrected chi connectivity index (χ4v) is 4.85. The molecule has 10 heteroatoms. The minimum atomic E-state index is -0.987. The molecule has 38 heavy (non-hydrogen) atoms. The highest BCUT2D eigenvalue weighted by Crippen LogP contribution is 2.42. The monoisotopic (exact) mass is 576 g/mol. The highest BCUT2D eigenvalue weighted by Gasteiger charge is 2.44. The number of amides is 1. The third kappa shape index (κ3) is 4.47. The standard InChI is InChI=1S/C28H21BrN2O7/c1-2-3-13-37-28(34)16-7-10-19(11-8-16)30-24(17-5-4-6-20(14-17)31(35)36)23-25(32)21-15-18(29)9-12-22(21)38-26(23)27(30)33/h4-12,14-15,24H,2-3,13H2,1H3. The van der Waals surface area contributed by atoms with Crippen LogP contribution in [-0.4, -0.2) is 23.4 Å². The predicted octanol–water partition coefficient (Wildman–Crippen LogP) is 6.17. The van der Waals surface area contributed by atoms with Gasteiger partial charge in [-0.15, -0.1) is 0 Å². The van der Waals surface area contributed by atoms with Crippen molar-refractivity contribution in [1.29, 1.82) is 0 Å². The van der Waals surface area contributed by atoms with Gasteiger partial charge in [0.1, 0.15) is 5.58 Å². The Morgan fingerprint density at radius 1 is 1.11 bits per heavy atom. The number of halogens is 1. The Hall–Kier alpha value is -4.31. The number of esters is 1. The summed E-state index contributed by atoms with van der Waals surface area (Å²) < 4.78 is 11.8. The van der Waals surface area contributed by atoms with Gasteiger partial charge < -0.3 is 9.15 Å². The van der Waals surface area contributed by atoms with Crippen LogP contribution < -0.4 is 10.3 Å². The lowest BCUT2D eigenvalue weighted by Crippen LogP contribution is -2.29. The molecular formula is C28H21BrN2O7. The number of ether oxygens (including phenoxy) is 1. The normalized spacial score (nSPS) is 14.5. The zero-order valence-corrected chi connectivity index (χ0v) is 21.8. The average Bonchev–Trinajstić information content (AvgIpc) is 3.21. The van der Waals surface area contributed by atoms with E-state index in [2.05, 4.69) is 15.9 Å². The molecule has 2 heterocycles. The van der Waals surface area contributed by atoms with E-state index in [1.165, 1.54) is 35.2 Å². The van der Waals surface area contributed by atoms with Crippen molar-refractivity contribution in [3.63, 3.8) is 0 Å². The molecular weight excluding hydrogens is 556 g/mol. The summed E-state index contributed by atoms with van der Waals surface area (Å²) in [5.41, 5.74) is 0.807. The maximum atomic E-state index is 13.7. The molecule has 1 aliphatic rings. The van der Waals surface area contributed by atoms with Gasteiger partial charge in [0, 0.05) is 22.3 Å². The number of benzene rings is 3. The average molecular weight is 577 g/mol. The zero-order chi connectivity index (χ0) is 27.0. The first-order valence-corrected chi connectivity index (χ1v) is 12.7. The van der Waals surface area contributed by atoms with Gasteiger partial charge in [0.05, 0.1) is 34.1 Å². The highest BCUT2D eigenvalue weighted by atomic mass is 79.9. The number of fused-ring (bicyclic) bond motifs is 2. The van der Waals surface area contributed by atoms with E-state index in [4.69, 9.17) is 9.15 Å². The van der Waals surface area contributed by atoms with Crippen LogP contribution in [0.25, 0.3) is 11.0 Å². The number of carbonyl (C=O) groups excluding carboxylic acids is 2. The molecule has 5 rings (SSSR count). The van der Waals surface area contributed by atoms with Gasteiger partial charge in [0.25, 0.3) is 11.6 Å². The van der Waals surface area contributed by atoms with Crippen LogP contribution in [0.4, 0.5) is 11.4 Å². The van der Waals surface area contributed by atoms with Crippen molar-refractivity contribution < 1.29 is 23.7 Å². The minimum Gasteiger partial charge on any atom is -0.462 e. The Balaban J connectivity index is 1.65. The van der Waals surface area contributed by atoms with Crippen molar-refractivity contribution in [2.45, 2.75) is 25.8 Å². The largest absolute Gasteiger partial charge is 0.462 e. The molecule has 0 N–H and O–H groups in total. The fourth-order valence-electron chi connectivity index (χ4n) is 4.49. The molecule has 0 aliphatic carbocycles. The van der Waals surface area contributed by atoms with Crippen LogP contribution >= 0.6 is 15.9 Å². The maximum absolute atomic E-state index is 13.7. The van der Waals surface area contributed by atoms with Gasteiger partial charge in [-0.3, -0.25) is 24.6 Å². The number of unbranched alkanes of at least 4 members (excludes halogenated alkanes) is 1. The van der Waals surface area contributed by atoms with E-state index in [0.717, 1.165) is 12.8 Å². The first-order chi connectivity index (χ1) is 18.3. The molecule has 9 nitrogen and oxygen atoms in total. The van der Waals surface area contributed by atoms with Crippen molar-refractivity contribution in [1.82, 2.24) is 0 Å². The second kappa shape index (κ2) is 10.2. The number of hydrogen-bond donors (Lipinski definition) is 0. The molecule has 192 valence electrons. The Morgan fingerprint density at radius 3 is 2.58 bits per heavy atom. The second-order valence-electron chi connectivity index (χ2n) is 8.78. The minimum absolute atomic E-state index is 0.0872. The first kappa shape index (κ1) is 25.3. The van der Waals surface area contributed by atoms with E-state index >= 15 is 0 Å². The van der Waals surface area contributed by atoms with Crippen LogP contribution in [0.5, 0.6) is 0 Å². The molecule has 1 unspecified atom stereocenters. The van der Waals surface area contributed by atoms with Gasteiger partial charge in [0.15, 0.2) is 5.43 Å². The molecule has 1 aromatic heterocycles. The number of rotatable bonds is 7. The molecule has 0 radical (unpaired) electrons. The van der Waals surface area contributed by atoms with E-state index in [1.807, 2.05) is 6.92 Å². The van der Waals surface area contributed by atoms with E-state index < -0.39 is 28.3 Å². The van der Waals surface area contributed by atoms with Gasteiger partial charge in [0.2, 0.25) is 5.76 Å². The number of anilines is 1. The number of nitro benzene ring substituents is 1. The van der Waals surface area contributed by atoms with Crippen LogP contribution in [0.2, 0.25) is 0 Å². The topological polar surface area (TPSA) is 120 Å². The van der Waals surface area contributed by atoms with E-state index in [1.54, 1.807) is 36.4 Å². The fraction of sp³-hybridized carbons (Fsp3) is 0.179. The molecule has 0 fully saturated rings. The Bertz CT molecular complexity index is 1650. The quantitative estimate of drug-likeness (QED) is 0.112. The van der Waals surface area contributed by atoms with Crippen molar-refractivity contribution in [2.75, 3.05) is 11.5 Å². The lowest BCUT2D eigenvalue weighted by Gasteiger charge is -2.25. The Morgan fingerprint density at radius 2 is 1.87 bits per heavy atom. The van der Waals surface area contributed by atoms with Crippen LogP contribution in [0.3, 0.4) is 0 Å². The van der Waals surface area contributed by atoms with Gasteiger partial charge in [-0.1, -0.05) is 41.4 Å². The summed E-state index contributed by atoms with van der Waals surface area (Å²) in [7, 11) is 0. The Kier molecular flexibility index (Phi) is 6.81. The van der Waals surface area contributed by atoms with Gasteiger partial charge in [-0.05, 0) is 54.4 Å². The smallest absolute Gasteiger partial charge is 0.338 e. The maximum Gasteiger partial charge on any atom is 0.338 e. The van der Waals surface area contributed by atoms with Crippen LogP contribution in [0.15, 0.2) is 80.4 Å². The lowest BCUT2D eigenvalue weighted by atomic mass is 9.97. The summed E-state index contributed by atoms with van der Waals surface area (Å²) in [5.74, 6) is -1.19. The SMILES string of the molecule is CCCCOC(=O)c1ccc(N2C(=O)c3oc4ccc(Br)cc4c(=O)c3C2c2cccc([N+](=O)[O-])c2)cc1. The molecule has 1 atom stereocenters. The molecule has 0 saturated carbocycles. The van der Waals surface area contributed by atoms with Gasteiger partial charge in [-0.25, -0.2) is 4.79 Å². The third-order valence-corrected chi connectivity index (χ3v) is 6.83. The van der Waals surface area contributed by atoms with Crippen molar-refractivity contribution in [2.24, 2.45) is 0 Å². The third-order valence-electron chi connectivity index (χ3n) is 6.34. The van der Waals surface area contributed by atoms with Crippen molar-refractivity contribution in [3.8, 4) is 0 Å². The zero-order valence-electron chi connectivity index (χ0n) is 20.2. The Labute approximate surface area is 224 Å². The van der Waals surface area contributed by atoms with E-state index in [0.29, 0.717) is 27.9 Å². The van der Waals surface area contributed by atoms with E-state index in [-0.39, 0.29) is 28.0 Å². The van der Waals surface area contributed by atoms with Crippen LogP contribution in [0.1, 0.15) is 57.8 Å². The molecule has 0 saturated heterocycles. The summed E-state index contributed by atoms with van der Waals surface area (Å²) in [5, 5.41) is 11.8. The number of nitrogens with zero attached hydrogens (tertiary/aromatic N) is 2. The van der Waals surface area contributed by atoms with Crippen molar-refractivity contribution in [3.05, 3.63) is 114 Å². The molecule has 0 bridgehead atoms. The predicted molar refractivity (Wildman–Crippen MR) is 144 cm³/mol. The molecule has 1 amide bonds. The lowest BCUT2D eigenvalue weighted by molar-refractivity contribution is -0.384. The van der Waals surface area contributed by atoms with Gasteiger partial charge >= 0.3 is 5.97 Å². The summed E-state index contributed by atoms with van der Waals surface area (Å²) >= 11 is 3.36.